The molecule has 0 unspecified atom stereocenters. The molecule has 0 saturated carbocycles. The summed E-state index contributed by atoms with van der Waals surface area (Å²) in [5.41, 5.74) is 5.41. The molecule has 27 heavy (non-hydrogen) atoms. The minimum atomic E-state index is 0.735. The van der Waals surface area contributed by atoms with Crippen LogP contribution in [0.4, 0.5) is 0 Å². The van der Waals surface area contributed by atoms with Crippen LogP contribution in [0.25, 0.3) is 21.7 Å². The summed E-state index contributed by atoms with van der Waals surface area (Å²) in [6.07, 6.45) is 4.63. The molecule has 5 nitrogen and oxygen atoms in total. The van der Waals surface area contributed by atoms with E-state index in [4.69, 9.17) is 9.72 Å². The van der Waals surface area contributed by atoms with Crippen LogP contribution in [0.5, 0.6) is 5.75 Å². The van der Waals surface area contributed by atoms with Gasteiger partial charge in [0, 0.05) is 36.2 Å². The maximum absolute atomic E-state index is 5.58. The molecule has 0 saturated heterocycles. The van der Waals surface area contributed by atoms with E-state index >= 15 is 0 Å². The molecule has 0 fully saturated rings. The van der Waals surface area contributed by atoms with Gasteiger partial charge in [-0.05, 0) is 31.5 Å². The largest absolute Gasteiger partial charge is 0.496 e. The Hall–Kier alpha value is -2.51. The zero-order valence-electron chi connectivity index (χ0n) is 15.7. The Morgan fingerprint density at radius 3 is 2.67 bits per heavy atom. The van der Waals surface area contributed by atoms with Gasteiger partial charge in [0.25, 0.3) is 0 Å². The van der Waals surface area contributed by atoms with E-state index in [1.165, 1.54) is 0 Å². The van der Waals surface area contributed by atoms with Crippen molar-refractivity contribution in [1.82, 2.24) is 19.7 Å². The molecule has 7 heteroatoms. The number of thiazole rings is 2. The molecule has 4 aromatic rings. The van der Waals surface area contributed by atoms with E-state index in [2.05, 4.69) is 27.6 Å². The fraction of sp³-hybridized carbons (Fsp3) is 0.250. The second-order valence-corrected chi connectivity index (χ2v) is 8.53. The lowest BCUT2D eigenvalue weighted by Crippen LogP contribution is -1.94. The molecule has 0 amide bonds. The minimum absolute atomic E-state index is 0.735. The third-order valence-corrected chi connectivity index (χ3v) is 6.29. The smallest absolute Gasteiger partial charge is 0.122 e. The second-order valence-electron chi connectivity index (χ2n) is 6.38. The van der Waals surface area contributed by atoms with Crippen LogP contribution in [0.3, 0.4) is 0 Å². The van der Waals surface area contributed by atoms with Gasteiger partial charge >= 0.3 is 0 Å². The molecule has 0 aliphatic rings. The van der Waals surface area contributed by atoms with Crippen molar-refractivity contribution < 1.29 is 4.74 Å². The molecule has 0 atom stereocenters. The lowest BCUT2D eigenvalue weighted by Gasteiger charge is -2.09. The zero-order chi connectivity index (χ0) is 19.0. The highest BCUT2D eigenvalue weighted by molar-refractivity contribution is 7.15. The fourth-order valence-corrected chi connectivity index (χ4v) is 4.86. The molecule has 0 bridgehead atoms. The average Bonchev–Trinajstić information content (AvgIpc) is 3.35. The molecule has 0 aliphatic carbocycles. The standard InChI is InChI=1S/C20H20N4OS2/c1-12-20(27-13(2)22-12)17-11-26-19(23-17)8-15-7-14(5-6-18(15)25-4)16-9-21-24(3)10-16/h5-7,9-11H,8H2,1-4H3. The monoisotopic (exact) mass is 396 g/mol. The SMILES string of the molecule is COc1ccc(-c2cnn(C)c2)cc1Cc1nc(-c2sc(C)nc2C)cs1. The highest BCUT2D eigenvalue weighted by Crippen LogP contribution is 2.33. The quantitative estimate of drug-likeness (QED) is 0.482. The Balaban J connectivity index is 1.65. The maximum Gasteiger partial charge on any atom is 0.122 e. The zero-order valence-corrected chi connectivity index (χ0v) is 17.3. The fourth-order valence-electron chi connectivity index (χ4n) is 3.09. The van der Waals surface area contributed by atoms with Gasteiger partial charge in [-0.2, -0.15) is 5.10 Å². The van der Waals surface area contributed by atoms with Crippen LogP contribution in [-0.2, 0) is 13.5 Å². The van der Waals surface area contributed by atoms with Gasteiger partial charge in [0.1, 0.15) is 5.75 Å². The second kappa shape index (κ2) is 7.25. The van der Waals surface area contributed by atoms with Gasteiger partial charge in [-0.15, -0.1) is 22.7 Å². The summed E-state index contributed by atoms with van der Waals surface area (Å²) in [6.45, 7) is 4.07. The highest BCUT2D eigenvalue weighted by atomic mass is 32.1. The van der Waals surface area contributed by atoms with Crippen molar-refractivity contribution in [1.29, 1.82) is 0 Å². The predicted molar refractivity (Wildman–Crippen MR) is 111 cm³/mol. The number of nitrogens with zero attached hydrogens (tertiary/aromatic N) is 4. The predicted octanol–water partition coefficient (Wildman–Crippen LogP) is 4.88. The summed E-state index contributed by atoms with van der Waals surface area (Å²) in [6, 6.07) is 6.25. The molecule has 0 aliphatic heterocycles. The van der Waals surface area contributed by atoms with Crippen molar-refractivity contribution in [2.24, 2.45) is 7.05 Å². The van der Waals surface area contributed by atoms with E-state index in [9.17, 15) is 0 Å². The van der Waals surface area contributed by atoms with E-state index in [1.54, 1.807) is 29.8 Å². The number of hydrogen-bond acceptors (Lipinski definition) is 6. The van der Waals surface area contributed by atoms with Crippen LogP contribution in [0, 0.1) is 13.8 Å². The lowest BCUT2D eigenvalue weighted by molar-refractivity contribution is 0.410. The Kier molecular flexibility index (Phi) is 4.80. The van der Waals surface area contributed by atoms with Crippen molar-refractivity contribution in [2.75, 3.05) is 7.11 Å². The van der Waals surface area contributed by atoms with Crippen LogP contribution >= 0.6 is 22.7 Å². The number of aromatic nitrogens is 4. The third kappa shape index (κ3) is 3.65. The molecule has 3 aromatic heterocycles. The number of hydrogen-bond donors (Lipinski definition) is 0. The summed E-state index contributed by atoms with van der Waals surface area (Å²) in [7, 11) is 3.63. The average molecular weight is 397 g/mol. The number of benzene rings is 1. The van der Waals surface area contributed by atoms with Crippen molar-refractivity contribution in [3.63, 3.8) is 0 Å². The first-order valence-electron chi connectivity index (χ1n) is 8.58. The lowest BCUT2D eigenvalue weighted by atomic mass is 10.0. The maximum atomic E-state index is 5.58. The molecule has 0 radical (unpaired) electrons. The summed E-state index contributed by atoms with van der Waals surface area (Å²) in [4.78, 5) is 10.5. The first-order chi connectivity index (χ1) is 13.0. The summed E-state index contributed by atoms with van der Waals surface area (Å²) < 4.78 is 7.39. The Morgan fingerprint density at radius 1 is 1.15 bits per heavy atom. The number of methoxy groups -OCH3 is 1. The van der Waals surface area contributed by atoms with Gasteiger partial charge in [0.05, 0.1) is 39.6 Å². The summed E-state index contributed by atoms with van der Waals surface area (Å²) in [5.74, 6) is 0.879. The minimum Gasteiger partial charge on any atom is -0.496 e. The van der Waals surface area contributed by atoms with Crippen molar-refractivity contribution in [3.8, 4) is 27.4 Å². The Morgan fingerprint density at radius 2 is 2.00 bits per heavy atom. The van der Waals surface area contributed by atoms with Crippen molar-refractivity contribution >= 4 is 22.7 Å². The van der Waals surface area contributed by atoms with Gasteiger partial charge in [-0.1, -0.05) is 6.07 Å². The van der Waals surface area contributed by atoms with E-state index in [-0.39, 0.29) is 0 Å². The Labute approximate surface area is 166 Å². The summed E-state index contributed by atoms with van der Waals surface area (Å²) in [5, 5.41) is 8.52. The van der Waals surface area contributed by atoms with Gasteiger partial charge in [-0.3, -0.25) is 4.68 Å². The van der Waals surface area contributed by atoms with E-state index in [0.29, 0.717) is 0 Å². The number of aryl methyl sites for hydroxylation is 3. The molecule has 1 aromatic carbocycles. The molecule has 138 valence electrons. The third-order valence-electron chi connectivity index (χ3n) is 4.35. The number of ether oxygens (including phenoxy) is 1. The van der Waals surface area contributed by atoms with Crippen LogP contribution in [0.2, 0.25) is 0 Å². The van der Waals surface area contributed by atoms with Crippen molar-refractivity contribution in [3.05, 3.63) is 57.2 Å². The molecular weight excluding hydrogens is 376 g/mol. The molecule has 4 rings (SSSR count). The molecule has 0 N–H and O–H groups in total. The van der Waals surface area contributed by atoms with Crippen molar-refractivity contribution in [2.45, 2.75) is 20.3 Å². The van der Waals surface area contributed by atoms with Crippen LogP contribution in [0.1, 0.15) is 21.3 Å². The highest BCUT2D eigenvalue weighted by Gasteiger charge is 2.14. The van der Waals surface area contributed by atoms with E-state index in [1.807, 2.05) is 44.0 Å². The van der Waals surface area contributed by atoms with Gasteiger partial charge < -0.3 is 4.74 Å². The molecule has 0 spiro atoms. The van der Waals surface area contributed by atoms with Gasteiger partial charge in [0.15, 0.2) is 0 Å². The normalized spacial score (nSPS) is 11.1. The molecule has 3 heterocycles. The van der Waals surface area contributed by atoms with E-state index in [0.717, 1.165) is 55.1 Å². The number of rotatable bonds is 5. The van der Waals surface area contributed by atoms with Gasteiger partial charge in [-0.25, -0.2) is 9.97 Å². The van der Waals surface area contributed by atoms with E-state index < -0.39 is 0 Å². The van der Waals surface area contributed by atoms with Crippen LogP contribution < -0.4 is 4.74 Å². The first kappa shape index (κ1) is 17.9. The van der Waals surface area contributed by atoms with Crippen LogP contribution in [-0.4, -0.2) is 26.9 Å². The van der Waals surface area contributed by atoms with Crippen LogP contribution in [0.15, 0.2) is 36.0 Å². The molecular formula is C20H20N4OS2. The Bertz CT molecular complexity index is 1090. The topological polar surface area (TPSA) is 52.8 Å². The van der Waals surface area contributed by atoms with Gasteiger partial charge in [0.2, 0.25) is 0 Å². The summed E-state index contributed by atoms with van der Waals surface area (Å²) >= 11 is 3.37. The first-order valence-corrected chi connectivity index (χ1v) is 10.3.